The molecule has 0 amide bonds. The van der Waals surface area contributed by atoms with Crippen molar-refractivity contribution in [3.63, 3.8) is 0 Å². The van der Waals surface area contributed by atoms with Crippen LogP contribution in [0.1, 0.15) is 95.6 Å². The summed E-state index contributed by atoms with van der Waals surface area (Å²) in [5, 5.41) is 30.9. The van der Waals surface area contributed by atoms with E-state index < -0.39 is 11.9 Å². The zero-order chi connectivity index (χ0) is 27.2. The lowest BCUT2D eigenvalue weighted by atomic mass is 9.76. The first-order valence-corrected chi connectivity index (χ1v) is 12.1. The van der Waals surface area contributed by atoms with Gasteiger partial charge in [0.2, 0.25) is 0 Å². The molecular weight excluding hydrogens is 452 g/mol. The highest BCUT2D eigenvalue weighted by atomic mass is 16.4. The van der Waals surface area contributed by atoms with Crippen molar-refractivity contribution in [1.29, 1.82) is 0 Å². The molecule has 0 aliphatic rings. The van der Waals surface area contributed by atoms with Gasteiger partial charge in [0.1, 0.15) is 5.75 Å². The van der Waals surface area contributed by atoms with E-state index in [-0.39, 0.29) is 27.7 Å². The largest absolute Gasteiger partial charge is 0.507 e. The Balaban J connectivity index is 2.42. The van der Waals surface area contributed by atoms with Crippen LogP contribution in [0.4, 0.5) is 0 Å². The number of aromatic carboxylic acids is 2. The fraction of sp³-hybridized carbons (Fsp3) is 0.355. The Morgan fingerprint density at radius 1 is 0.722 bits per heavy atom. The maximum atomic E-state index is 12.2. The molecule has 0 fully saturated rings. The van der Waals surface area contributed by atoms with Crippen LogP contribution >= 0.6 is 0 Å². The molecule has 0 unspecified atom stereocenters. The third-order valence-corrected chi connectivity index (χ3v) is 6.46. The number of hydrogen-bond donors (Lipinski definition) is 3. The molecule has 0 bridgehead atoms. The first kappa shape index (κ1) is 27.0. The molecule has 5 heteroatoms. The SMILES string of the molecule is Cc1cc(Cc2cc(C)cc(C(C)(C)C)c2-c2cc(C(=O)O)ccc2C(=O)O)c(O)c(C(C)(C)C)c1. The third kappa shape index (κ3) is 5.46. The van der Waals surface area contributed by atoms with Gasteiger partial charge in [-0.1, -0.05) is 76.9 Å². The zero-order valence-electron chi connectivity index (χ0n) is 22.4. The predicted molar refractivity (Wildman–Crippen MR) is 144 cm³/mol. The van der Waals surface area contributed by atoms with Crippen LogP contribution in [0, 0.1) is 13.8 Å². The number of aryl methyl sites for hydroxylation is 2. The van der Waals surface area contributed by atoms with Crippen LogP contribution in [-0.4, -0.2) is 27.3 Å². The molecule has 0 aromatic heterocycles. The lowest BCUT2D eigenvalue weighted by molar-refractivity contribution is 0.0682. The van der Waals surface area contributed by atoms with E-state index in [9.17, 15) is 24.9 Å². The lowest BCUT2D eigenvalue weighted by Crippen LogP contribution is -2.16. The van der Waals surface area contributed by atoms with Gasteiger partial charge in [-0.3, -0.25) is 0 Å². The van der Waals surface area contributed by atoms with E-state index in [1.165, 1.54) is 18.2 Å². The van der Waals surface area contributed by atoms with Crippen LogP contribution in [-0.2, 0) is 17.3 Å². The number of aromatic hydroxyl groups is 1. The first-order valence-electron chi connectivity index (χ1n) is 12.1. The van der Waals surface area contributed by atoms with E-state index in [0.29, 0.717) is 17.5 Å². The van der Waals surface area contributed by atoms with Gasteiger partial charge < -0.3 is 15.3 Å². The van der Waals surface area contributed by atoms with E-state index in [1.54, 1.807) is 0 Å². The van der Waals surface area contributed by atoms with Crippen LogP contribution in [0.25, 0.3) is 11.1 Å². The molecule has 0 aliphatic carbocycles. The van der Waals surface area contributed by atoms with Crippen LogP contribution < -0.4 is 0 Å². The highest BCUT2D eigenvalue weighted by Crippen LogP contribution is 2.41. The van der Waals surface area contributed by atoms with Crippen molar-refractivity contribution >= 4 is 11.9 Å². The summed E-state index contributed by atoms with van der Waals surface area (Å²) in [5.74, 6) is -2.01. The van der Waals surface area contributed by atoms with Crippen molar-refractivity contribution in [1.82, 2.24) is 0 Å². The summed E-state index contributed by atoms with van der Waals surface area (Å²) >= 11 is 0. The Morgan fingerprint density at radius 2 is 1.25 bits per heavy atom. The van der Waals surface area contributed by atoms with Crippen molar-refractivity contribution in [2.24, 2.45) is 0 Å². The molecule has 190 valence electrons. The number of carbonyl (C=O) groups is 2. The van der Waals surface area contributed by atoms with Gasteiger partial charge in [-0.05, 0) is 76.3 Å². The molecule has 0 atom stereocenters. The third-order valence-electron chi connectivity index (χ3n) is 6.46. The molecule has 0 aliphatic heterocycles. The molecule has 0 spiro atoms. The van der Waals surface area contributed by atoms with Gasteiger partial charge in [0.05, 0.1) is 11.1 Å². The lowest BCUT2D eigenvalue weighted by Gasteiger charge is -2.28. The molecule has 3 rings (SSSR count). The van der Waals surface area contributed by atoms with Crippen molar-refractivity contribution in [2.45, 2.75) is 72.6 Å². The van der Waals surface area contributed by atoms with Gasteiger partial charge in [0, 0.05) is 6.42 Å². The summed E-state index contributed by atoms with van der Waals surface area (Å²) < 4.78 is 0. The average Bonchev–Trinajstić information content (AvgIpc) is 2.73. The monoisotopic (exact) mass is 488 g/mol. The molecule has 0 radical (unpaired) electrons. The molecule has 3 aromatic rings. The topological polar surface area (TPSA) is 94.8 Å². The van der Waals surface area contributed by atoms with E-state index in [1.807, 2.05) is 38.1 Å². The fourth-order valence-corrected chi connectivity index (χ4v) is 4.75. The second kappa shape index (κ2) is 9.45. The highest BCUT2D eigenvalue weighted by Gasteiger charge is 2.27. The number of carboxylic acids is 2. The van der Waals surface area contributed by atoms with E-state index in [2.05, 4.69) is 41.5 Å². The fourth-order valence-electron chi connectivity index (χ4n) is 4.75. The number of phenols is 1. The van der Waals surface area contributed by atoms with Crippen molar-refractivity contribution < 1.29 is 24.9 Å². The number of rotatable bonds is 5. The predicted octanol–water partition coefficient (Wildman–Crippen LogP) is 7.26. The molecule has 36 heavy (non-hydrogen) atoms. The van der Waals surface area contributed by atoms with Gasteiger partial charge >= 0.3 is 11.9 Å². The zero-order valence-corrected chi connectivity index (χ0v) is 22.4. The number of hydrogen-bond acceptors (Lipinski definition) is 3. The van der Waals surface area contributed by atoms with Gasteiger partial charge in [-0.2, -0.15) is 0 Å². The summed E-state index contributed by atoms with van der Waals surface area (Å²) in [6, 6.07) is 12.1. The molecular formula is C31H36O5. The van der Waals surface area contributed by atoms with Crippen molar-refractivity contribution in [3.05, 3.63) is 87.0 Å². The second-order valence-electron chi connectivity index (χ2n) is 11.7. The van der Waals surface area contributed by atoms with Gasteiger partial charge in [-0.25, -0.2) is 9.59 Å². The number of carboxylic acid groups (broad SMARTS) is 2. The second-order valence-corrected chi connectivity index (χ2v) is 11.7. The highest BCUT2D eigenvalue weighted by molar-refractivity contribution is 6.00. The molecule has 3 aromatic carbocycles. The van der Waals surface area contributed by atoms with Gasteiger partial charge in [0.25, 0.3) is 0 Å². The summed E-state index contributed by atoms with van der Waals surface area (Å²) in [7, 11) is 0. The Bertz CT molecular complexity index is 1350. The van der Waals surface area contributed by atoms with Crippen LogP contribution in [0.2, 0.25) is 0 Å². The Morgan fingerprint density at radius 3 is 1.75 bits per heavy atom. The van der Waals surface area contributed by atoms with Crippen LogP contribution in [0.15, 0.2) is 42.5 Å². The van der Waals surface area contributed by atoms with Crippen LogP contribution in [0.3, 0.4) is 0 Å². The number of benzene rings is 3. The summed E-state index contributed by atoms with van der Waals surface area (Å²) in [4.78, 5) is 24.1. The van der Waals surface area contributed by atoms with Crippen molar-refractivity contribution in [3.8, 4) is 16.9 Å². The van der Waals surface area contributed by atoms with Gasteiger partial charge in [-0.15, -0.1) is 0 Å². The van der Waals surface area contributed by atoms with E-state index >= 15 is 0 Å². The number of phenolic OH excluding ortho intramolecular Hbond substituents is 1. The van der Waals surface area contributed by atoms with E-state index in [4.69, 9.17) is 0 Å². The first-order chi connectivity index (χ1) is 16.5. The van der Waals surface area contributed by atoms with Crippen molar-refractivity contribution in [2.75, 3.05) is 0 Å². The Hall–Kier alpha value is -3.60. The van der Waals surface area contributed by atoms with Crippen LogP contribution in [0.5, 0.6) is 5.75 Å². The minimum absolute atomic E-state index is 0.0230. The molecule has 0 saturated heterocycles. The molecule has 3 N–H and O–H groups in total. The maximum absolute atomic E-state index is 12.2. The summed E-state index contributed by atoms with van der Waals surface area (Å²) in [5.41, 5.74) is 5.91. The smallest absolute Gasteiger partial charge is 0.336 e. The minimum Gasteiger partial charge on any atom is -0.507 e. The molecule has 5 nitrogen and oxygen atoms in total. The Kier molecular flexibility index (Phi) is 7.09. The standard InChI is InChI=1S/C31H36O5/c1-17-11-20(15-21-12-18(2)14-25(27(21)32)31(6,7)8)26(24(13-17)30(3,4)5)23-16-19(28(33)34)9-10-22(23)29(35)36/h9-14,16,32H,15H2,1-8H3,(H,33,34)(H,35,36). The average molecular weight is 489 g/mol. The van der Waals surface area contributed by atoms with E-state index in [0.717, 1.165) is 33.4 Å². The quantitative estimate of drug-likeness (QED) is 0.351. The normalized spacial score (nSPS) is 12.0. The summed E-state index contributed by atoms with van der Waals surface area (Å²) in [6.45, 7) is 16.3. The Labute approximate surface area is 213 Å². The van der Waals surface area contributed by atoms with Gasteiger partial charge in [0.15, 0.2) is 0 Å². The minimum atomic E-state index is -1.12. The maximum Gasteiger partial charge on any atom is 0.336 e. The molecule has 0 heterocycles. The molecule has 0 saturated carbocycles. The summed E-state index contributed by atoms with van der Waals surface area (Å²) in [6.07, 6.45) is 0.368.